The number of nitrogens with zero attached hydrogens (tertiary/aromatic N) is 2. The van der Waals surface area contributed by atoms with Gasteiger partial charge in [-0.05, 0) is 56.3 Å². The van der Waals surface area contributed by atoms with Crippen LogP contribution < -0.4 is 16.0 Å². The number of benzene rings is 1. The average molecular weight is 806 g/mol. The van der Waals surface area contributed by atoms with E-state index in [0.717, 1.165) is 47.6 Å². The molecule has 2 saturated heterocycles. The first kappa shape index (κ1) is 45.6. The zero-order valence-electron chi connectivity index (χ0n) is 33.7. The van der Waals surface area contributed by atoms with Gasteiger partial charge in [0.2, 0.25) is 17.7 Å². The maximum atomic E-state index is 13.9. The first-order valence-electron chi connectivity index (χ1n) is 19.7. The van der Waals surface area contributed by atoms with Gasteiger partial charge in [0.15, 0.2) is 0 Å². The molecule has 2 aliphatic heterocycles. The lowest BCUT2D eigenvalue weighted by Crippen LogP contribution is -2.58. The Morgan fingerprint density at radius 3 is 2.02 bits per heavy atom. The zero-order valence-corrected chi connectivity index (χ0v) is 34.5. The summed E-state index contributed by atoms with van der Waals surface area (Å²) in [5.74, 6) is -1.27. The Morgan fingerprint density at radius 1 is 0.893 bits per heavy atom. The molecule has 4 rings (SSSR count). The van der Waals surface area contributed by atoms with Crippen molar-refractivity contribution in [3.8, 4) is 10.4 Å². The third-order valence-corrected chi connectivity index (χ3v) is 10.6. The number of nitrogens with one attached hydrogen (secondary N) is 3. The minimum Gasteiger partial charge on any atom is -0.391 e. The normalized spacial score (nSPS) is 18.9. The van der Waals surface area contributed by atoms with Crippen LogP contribution >= 0.6 is 11.3 Å². The number of aromatic nitrogens is 1. The van der Waals surface area contributed by atoms with Crippen LogP contribution in [0.4, 0.5) is 0 Å². The van der Waals surface area contributed by atoms with Gasteiger partial charge in [-0.15, -0.1) is 11.3 Å². The second-order valence-corrected chi connectivity index (χ2v) is 16.1. The van der Waals surface area contributed by atoms with Crippen molar-refractivity contribution in [3.05, 3.63) is 41.0 Å². The second-order valence-electron chi connectivity index (χ2n) is 15.2. The van der Waals surface area contributed by atoms with Crippen LogP contribution in [0.3, 0.4) is 0 Å². The quantitative estimate of drug-likeness (QED) is 0.114. The molecule has 0 radical (unpaired) electrons. The van der Waals surface area contributed by atoms with Gasteiger partial charge < -0.3 is 54.4 Å². The molecular weight excluding hydrogens is 743 g/mol. The van der Waals surface area contributed by atoms with E-state index in [1.807, 2.05) is 64.4 Å². The number of aryl methyl sites for hydroxylation is 1. The minimum atomic E-state index is -0.951. The summed E-state index contributed by atoms with van der Waals surface area (Å²) in [7, 11) is 0. The largest absolute Gasteiger partial charge is 0.391 e. The number of rotatable bonds is 24. The smallest absolute Gasteiger partial charge is 0.246 e. The van der Waals surface area contributed by atoms with Gasteiger partial charge in [-0.25, -0.2) is 4.98 Å². The van der Waals surface area contributed by atoms with Crippen LogP contribution in [0.25, 0.3) is 10.4 Å². The number of likely N-dealkylation sites (tertiary alicyclic amines) is 1. The maximum absolute atomic E-state index is 13.9. The van der Waals surface area contributed by atoms with Crippen LogP contribution in [0.15, 0.2) is 29.8 Å². The van der Waals surface area contributed by atoms with Crippen molar-refractivity contribution in [1.82, 2.24) is 25.8 Å². The van der Waals surface area contributed by atoms with Crippen LogP contribution in [-0.2, 0) is 42.8 Å². The monoisotopic (exact) mass is 805 g/mol. The molecule has 15 nitrogen and oxygen atoms in total. The number of hydrogen-bond donors (Lipinski definition) is 4. The van der Waals surface area contributed by atoms with Crippen molar-refractivity contribution < 1.29 is 47.9 Å². The molecule has 2 unspecified atom stereocenters. The summed E-state index contributed by atoms with van der Waals surface area (Å²) in [6, 6.07) is 5.76. The van der Waals surface area contributed by atoms with Gasteiger partial charge in [0.1, 0.15) is 18.7 Å². The van der Waals surface area contributed by atoms with Crippen molar-refractivity contribution in [2.75, 3.05) is 92.3 Å². The molecule has 0 bridgehead atoms. The number of aliphatic hydroxyl groups is 1. The molecular formula is C40H63N5O10S. The van der Waals surface area contributed by atoms with Gasteiger partial charge in [-0.1, -0.05) is 45.0 Å². The summed E-state index contributed by atoms with van der Waals surface area (Å²) in [5, 5.41) is 19.7. The van der Waals surface area contributed by atoms with Crippen molar-refractivity contribution in [1.29, 1.82) is 0 Å². The lowest BCUT2D eigenvalue weighted by atomic mass is 9.85. The predicted molar refractivity (Wildman–Crippen MR) is 212 cm³/mol. The van der Waals surface area contributed by atoms with Gasteiger partial charge in [-0.2, -0.15) is 0 Å². The van der Waals surface area contributed by atoms with Gasteiger partial charge in [-0.3, -0.25) is 14.4 Å². The number of ether oxygens (including phenoxy) is 6. The number of carbonyl (C=O) groups excluding carboxylic acids is 3. The fourth-order valence-corrected chi connectivity index (χ4v) is 7.31. The molecule has 4 atom stereocenters. The van der Waals surface area contributed by atoms with Crippen LogP contribution in [-0.4, -0.2) is 149 Å². The summed E-state index contributed by atoms with van der Waals surface area (Å²) >= 11 is 1.58. The number of carbonyl (C=O) groups is 3. The second kappa shape index (κ2) is 24.0. The summed E-state index contributed by atoms with van der Waals surface area (Å²) in [6.07, 6.45) is 1.68. The van der Waals surface area contributed by atoms with E-state index in [0.29, 0.717) is 59.0 Å². The molecule has 1 aromatic carbocycles. The Balaban J connectivity index is 1.07. The van der Waals surface area contributed by atoms with E-state index in [9.17, 15) is 19.5 Å². The first-order valence-corrected chi connectivity index (χ1v) is 20.6. The molecule has 0 spiro atoms. The molecule has 1 aromatic heterocycles. The Hall–Kier alpha value is -3.06. The maximum Gasteiger partial charge on any atom is 0.246 e. The number of piperidine rings is 1. The highest BCUT2D eigenvalue weighted by Crippen LogP contribution is 2.29. The summed E-state index contributed by atoms with van der Waals surface area (Å²) in [4.78, 5) is 47.1. The SMILES string of the molecule is Cc1ncsc1-c1ccc(C(C)NC(=O)[C@@H]2C[C@@H](O)CN2C(=O)C(NC(=O)COCCOCCOCCOCCOCCOC2CCNCC2)C(C)(C)C)cc1. The van der Waals surface area contributed by atoms with E-state index in [2.05, 4.69) is 20.9 Å². The summed E-state index contributed by atoms with van der Waals surface area (Å²) < 4.78 is 33.4. The fraction of sp³-hybridized carbons (Fsp3) is 0.700. The molecule has 2 fully saturated rings. The molecule has 3 amide bonds. The average Bonchev–Trinajstić information content (AvgIpc) is 3.80. The Morgan fingerprint density at radius 2 is 1.46 bits per heavy atom. The molecule has 0 saturated carbocycles. The Kier molecular flexibility index (Phi) is 19.6. The van der Waals surface area contributed by atoms with Crippen molar-refractivity contribution in [2.24, 2.45) is 5.41 Å². The molecule has 16 heteroatoms. The molecule has 314 valence electrons. The van der Waals surface area contributed by atoms with Crippen molar-refractivity contribution >= 4 is 29.1 Å². The van der Waals surface area contributed by atoms with Crippen LogP contribution in [0.5, 0.6) is 0 Å². The number of β-amino-alcohol motifs (C(OH)–C–C–N with tert-alkyl or cyclic N) is 1. The Labute approximate surface area is 335 Å². The standard InChI is InChI=1S/C40H63N5O10S/c1-28(30-6-8-31(9-7-30)36-29(2)42-27-56-36)43-38(48)34-24-32(46)25-45(34)39(49)37(40(3,4)5)44-35(47)26-54-21-20-52-17-16-50-14-15-51-18-19-53-22-23-55-33-10-12-41-13-11-33/h6-9,27-28,32-34,37,41,46H,10-26H2,1-5H3,(H,43,48)(H,44,47)/t28?,32-,34+,37?/m1/s1. The van der Waals surface area contributed by atoms with Crippen molar-refractivity contribution in [3.63, 3.8) is 0 Å². The lowest BCUT2D eigenvalue weighted by Gasteiger charge is -2.35. The predicted octanol–water partition coefficient (Wildman–Crippen LogP) is 2.64. The third kappa shape index (κ3) is 15.4. The third-order valence-electron chi connectivity index (χ3n) is 9.65. The first-order chi connectivity index (χ1) is 26.9. The van der Waals surface area contributed by atoms with Crippen molar-refractivity contribution in [2.45, 2.75) is 84.2 Å². The van der Waals surface area contributed by atoms with E-state index < -0.39 is 35.4 Å². The van der Waals surface area contributed by atoms with Crippen LogP contribution in [0.2, 0.25) is 0 Å². The minimum absolute atomic E-state index is 0.00865. The van der Waals surface area contributed by atoms with E-state index in [-0.39, 0.29) is 44.7 Å². The number of amides is 3. The van der Waals surface area contributed by atoms with Gasteiger partial charge in [0.25, 0.3) is 0 Å². The summed E-state index contributed by atoms with van der Waals surface area (Å²) in [5.41, 5.74) is 4.06. The Bertz CT molecular complexity index is 1470. The number of aliphatic hydroxyl groups excluding tert-OH is 1. The topological polar surface area (TPSA) is 179 Å². The lowest BCUT2D eigenvalue weighted by molar-refractivity contribution is -0.144. The molecule has 4 N–H and O–H groups in total. The number of hydrogen-bond acceptors (Lipinski definition) is 13. The molecule has 56 heavy (non-hydrogen) atoms. The van der Waals surface area contributed by atoms with E-state index >= 15 is 0 Å². The highest BCUT2D eigenvalue weighted by molar-refractivity contribution is 7.13. The van der Waals surface area contributed by atoms with Crippen LogP contribution in [0, 0.1) is 12.3 Å². The summed E-state index contributed by atoms with van der Waals surface area (Å²) in [6.45, 7) is 15.4. The molecule has 2 aliphatic rings. The highest BCUT2D eigenvalue weighted by atomic mass is 32.1. The fourth-order valence-electron chi connectivity index (χ4n) is 6.50. The van der Waals surface area contributed by atoms with Gasteiger partial charge in [0, 0.05) is 13.0 Å². The van der Waals surface area contributed by atoms with E-state index in [1.165, 1.54) is 4.90 Å². The molecule has 0 aliphatic carbocycles. The van der Waals surface area contributed by atoms with E-state index in [1.54, 1.807) is 11.3 Å². The van der Waals surface area contributed by atoms with Gasteiger partial charge in [0.05, 0.1) is 100 Å². The zero-order chi connectivity index (χ0) is 40.3. The molecule has 3 heterocycles. The van der Waals surface area contributed by atoms with Gasteiger partial charge >= 0.3 is 0 Å². The number of thiazole rings is 1. The highest BCUT2D eigenvalue weighted by Gasteiger charge is 2.44. The molecule has 2 aromatic rings. The van der Waals surface area contributed by atoms with Crippen LogP contribution in [0.1, 0.15) is 64.3 Å². The van der Waals surface area contributed by atoms with E-state index in [4.69, 9.17) is 28.4 Å².